The molecule has 0 spiro atoms. The lowest BCUT2D eigenvalue weighted by molar-refractivity contribution is 1.26. The maximum Gasteiger partial charge on any atom is 0.144 e. The summed E-state index contributed by atoms with van der Waals surface area (Å²) in [5.41, 5.74) is 1.37. The van der Waals surface area contributed by atoms with E-state index in [0.717, 1.165) is 12.5 Å². The first-order valence-corrected chi connectivity index (χ1v) is 8.53. The monoisotopic (exact) mass is 224 g/mol. The van der Waals surface area contributed by atoms with Crippen molar-refractivity contribution < 1.29 is 0 Å². The molecule has 0 saturated carbocycles. The summed E-state index contributed by atoms with van der Waals surface area (Å²) in [6.07, 6.45) is 5.50. The lowest BCUT2D eigenvalue weighted by Crippen LogP contribution is -1.97. The summed E-state index contributed by atoms with van der Waals surface area (Å²) >= 11 is 6.13. The predicted molar refractivity (Wildman–Crippen MR) is 67.6 cm³/mol. The van der Waals surface area contributed by atoms with Crippen LogP contribution in [0.4, 0.5) is 0 Å². The van der Waals surface area contributed by atoms with Crippen LogP contribution in [0.15, 0.2) is 42.5 Å². The smallest absolute Gasteiger partial charge is 0.144 e. The van der Waals surface area contributed by atoms with Gasteiger partial charge in [0.2, 0.25) is 0 Å². The van der Waals surface area contributed by atoms with Crippen LogP contribution in [0.1, 0.15) is 12.5 Å². The van der Waals surface area contributed by atoms with Crippen LogP contribution in [0.2, 0.25) is 12.1 Å². The van der Waals surface area contributed by atoms with Gasteiger partial charge in [0.05, 0.1) is 0 Å². The SMILES string of the molecule is CC[SiH](Cl)CC=CCc1ccccc1. The fourth-order valence-corrected chi connectivity index (χ4v) is 2.37. The zero-order chi connectivity index (χ0) is 10.2. The van der Waals surface area contributed by atoms with E-state index in [0.29, 0.717) is 0 Å². The summed E-state index contributed by atoms with van der Waals surface area (Å²) in [6, 6.07) is 12.8. The van der Waals surface area contributed by atoms with Gasteiger partial charge >= 0.3 is 0 Å². The van der Waals surface area contributed by atoms with Crippen molar-refractivity contribution in [1.82, 2.24) is 0 Å². The van der Waals surface area contributed by atoms with Crippen molar-refractivity contribution in [2.75, 3.05) is 0 Å². The molecule has 0 aliphatic rings. The van der Waals surface area contributed by atoms with E-state index in [1.807, 2.05) is 6.07 Å². The topological polar surface area (TPSA) is 0 Å². The molecule has 1 aromatic rings. The normalized spacial score (nSPS) is 13.3. The highest BCUT2D eigenvalue weighted by molar-refractivity contribution is 7.07. The third-order valence-electron chi connectivity index (χ3n) is 2.20. The number of halogens is 1. The molecule has 2 heteroatoms. The average molecular weight is 225 g/mol. The van der Waals surface area contributed by atoms with Gasteiger partial charge in [0, 0.05) is 0 Å². The van der Waals surface area contributed by atoms with E-state index in [4.69, 9.17) is 11.1 Å². The first-order chi connectivity index (χ1) is 6.83. The Balaban J connectivity index is 2.27. The maximum atomic E-state index is 6.13. The van der Waals surface area contributed by atoms with Crippen molar-refractivity contribution in [3.63, 3.8) is 0 Å². The number of allylic oxidation sites excluding steroid dienone is 2. The van der Waals surface area contributed by atoms with E-state index in [2.05, 4.69) is 43.3 Å². The molecule has 0 nitrogen and oxygen atoms in total. The van der Waals surface area contributed by atoms with Crippen molar-refractivity contribution in [3.05, 3.63) is 48.0 Å². The van der Waals surface area contributed by atoms with Gasteiger partial charge in [0.1, 0.15) is 8.11 Å². The van der Waals surface area contributed by atoms with E-state index in [-0.39, 0.29) is 0 Å². The Morgan fingerprint density at radius 3 is 2.57 bits per heavy atom. The molecule has 0 bridgehead atoms. The van der Waals surface area contributed by atoms with Gasteiger partial charge in [-0.3, -0.25) is 0 Å². The Labute approximate surface area is 92.9 Å². The number of rotatable bonds is 5. The molecule has 0 aliphatic heterocycles. The predicted octanol–water partition coefficient (Wildman–Crippen LogP) is 3.77. The Morgan fingerprint density at radius 1 is 1.21 bits per heavy atom. The van der Waals surface area contributed by atoms with Crippen molar-refractivity contribution in [3.8, 4) is 0 Å². The zero-order valence-electron chi connectivity index (χ0n) is 8.62. The van der Waals surface area contributed by atoms with Gasteiger partial charge in [0.25, 0.3) is 0 Å². The Hall–Kier alpha value is -0.533. The van der Waals surface area contributed by atoms with Crippen molar-refractivity contribution in [2.45, 2.75) is 25.4 Å². The molecule has 0 heterocycles. The number of hydrogen-bond acceptors (Lipinski definition) is 0. The lowest BCUT2D eigenvalue weighted by Gasteiger charge is -1.98. The van der Waals surface area contributed by atoms with Crippen LogP contribution < -0.4 is 0 Å². The largest absolute Gasteiger partial charge is 0.171 e. The molecule has 14 heavy (non-hydrogen) atoms. The maximum absolute atomic E-state index is 6.13. The summed E-state index contributed by atoms with van der Waals surface area (Å²) < 4.78 is 0. The minimum absolute atomic E-state index is 0.921. The van der Waals surface area contributed by atoms with Gasteiger partial charge in [-0.1, -0.05) is 49.4 Å². The van der Waals surface area contributed by atoms with Crippen molar-refractivity contribution in [2.24, 2.45) is 0 Å². The van der Waals surface area contributed by atoms with Crippen molar-refractivity contribution >= 4 is 19.2 Å². The average Bonchev–Trinajstić information content (AvgIpc) is 2.25. The highest BCUT2D eigenvalue weighted by Gasteiger charge is 1.98. The third kappa shape index (κ3) is 4.63. The third-order valence-corrected chi connectivity index (χ3v) is 5.33. The lowest BCUT2D eigenvalue weighted by atomic mass is 10.1. The van der Waals surface area contributed by atoms with Crippen molar-refractivity contribution in [1.29, 1.82) is 0 Å². The van der Waals surface area contributed by atoms with Crippen LogP contribution in [0, 0.1) is 0 Å². The molecular formula is C12H17ClSi. The highest BCUT2D eigenvalue weighted by atomic mass is 35.6. The van der Waals surface area contributed by atoms with Gasteiger partial charge < -0.3 is 0 Å². The fourth-order valence-electron chi connectivity index (χ4n) is 1.24. The van der Waals surface area contributed by atoms with Gasteiger partial charge in [-0.2, -0.15) is 11.1 Å². The van der Waals surface area contributed by atoms with E-state index in [9.17, 15) is 0 Å². The molecule has 76 valence electrons. The van der Waals surface area contributed by atoms with E-state index in [1.54, 1.807) is 0 Å². The molecule has 1 aromatic carbocycles. The molecule has 0 radical (unpaired) electrons. The first kappa shape index (κ1) is 11.5. The summed E-state index contributed by atoms with van der Waals surface area (Å²) in [5, 5.41) is 0. The Morgan fingerprint density at radius 2 is 1.93 bits per heavy atom. The van der Waals surface area contributed by atoms with Gasteiger partial charge in [-0.25, -0.2) is 0 Å². The molecule has 1 atom stereocenters. The molecule has 0 N–H and O–H groups in total. The molecule has 0 aliphatic carbocycles. The van der Waals surface area contributed by atoms with Crippen LogP contribution in [0.25, 0.3) is 0 Å². The molecule has 0 fully saturated rings. The summed E-state index contributed by atoms with van der Waals surface area (Å²) in [7, 11) is -0.921. The standard InChI is InChI=1S/C12H17ClSi/c1-2-14(13)11-7-6-10-12-8-4-3-5-9-12/h3-9,14H,2,10-11H2,1H3. The number of benzene rings is 1. The molecule has 0 amide bonds. The summed E-state index contributed by atoms with van der Waals surface area (Å²) in [4.78, 5) is 0. The van der Waals surface area contributed by atoms with Gasteiger partial charge in [-0.15, -0.1) is 0 Å². The van der Waals surface area contributed by atoms with Crippen LogP contribution >= 0.6 is 11.1 Å². The van der Waals surface area contributed by atoms with Crippen LogP contribution in [0.3, 0.4) is 0 Å². The second kappa shape index (κ2) is 6.85. The van der Waals surface area contributed by atoms with E-state index >= 15 is 0 Å². The van der Waals surface area contributed by atoms with Gasteiger partial charge in [0.15, 0.2) is 0 Å². The molecule has 0 saturated heterocycles. The minimum Gasteiger partial charge on any atom is -0.171 e. The Kier molecular flexibility index (Phi) is 5.65. The second-order valence-electron chi connectivity index (χ2n) is 3.40. The molecule has 1 rings (SSSR count). The van der Waals surface area contributed by atoms with Crippen LogP contribution in [-0.4, -0.2) is 8.11 Å². The Bertz CT molecular complexity index is 269. The zero-order valence-corrected chi connectivity index (χ0v) is 10.5. The molecule has 0 aromatic heterocycles. The summed E-state index contributed by atoms with van der Waals surface area (Å²) in [6.45, 7) is 2.18. The van der Waals surface area contributed by atoms with E-state index in [1.165, 1.54) is 11.6 Å². The molecular weight excluding hydrogens is 208 g/mol. The van der Waals surface area contributed by atoms with Gasteiger partial charge in [-0.05, 0) is 24.1 Å². The molecule has 1 unspecified atom stereocenters. The number of hydrogen-bond donors (Lipinski definition) is 0. The minimum atomic E-state index is -0.921. The summed E-state index contributed by atoms with van der Waals surface area (Å²) in [5.74, 6) is 0. The van der Waals surface area contributed by atoms with Crippen LogP contribution in [0.5, 0.6) is 0 Å². The van der Waals surface area contributed by atoms with Crippen LogP contribution in [-0.2, 0) is 6.42 Å². The second-order valence-corrected chi connectivity index (χ2v) is 7.74. The fraction of sp³-hybridized carbons (Fsp3) is 0.333. The van der Waals surface area contributed by atoms with E-state index < -0.39 is 8.11 Å². The quantitative estimate of drug-likeness (QED) is 0.406. The first-order valence-electron chi connectivity index (χ1n) is 5.16. The highest BCUT2D eigenvalue weighted by Crippen LogP contribution is 2.06.